The SMILES string of the molecule is Cc1ccc(N[C@@H]2C[C@@H]3CC[C@@H]2N(C(=O)c2cc(C)cnc2-n2nccn2)C3)nc1. The van der Waals surface area contributed by atoms with Gasteiger partial charge in [0.2, 0.25) is 0 Å². The molecule has 3 aromatic heterocycles. The zero-order chi connectivity index (χ0) is 20.7. The van der Waals surface area contributed by atoms with Crippen LogP contribution in [0.25, 0.3) is 5.82 Å². The van der Waals surface area contributed by atoms with E-state index < -0.39 is 0 Å². The summed E-state index contributed by atoms with van der Waals surface area (Å²) in [6, 6.07) is 6.28. The summed E-state index contributed by atoms with van der Waals surface area (Å²) < 4.78 is 0. The molecule has 0 unspecified atom stereocenters. The summed E-state index contributed by atoms with van der Waals surface area (Å²) in [6.45, 7) is 4.75. The highest BCUT2D eigenvalue weighted by Crippen LogP contribution is 2.37. The van der Waals surface area contributed by atoms with E-state index in [0.29, 0.717) is 17.3 Å². The van der Waals surface area contributed by atoms with Crippen molar-refractivity contribution in [1.29, 1.82) is 0 Å². The average Bonchev–Trinajstić information content (AvgIpc) is 3.30. The van der Waals surface area contributed by atoms with Crippen LogP contribution in [-0.4, -0.2) is 54.4 Å². The molecule has 3 aromatic rings. The highest BCUT2D eigenvalue weighted by atomic mass is 16.2. The van der Waals surface area contributed by atoms with Crippen LogP contribution in [0.5, 0.6) is 0 Å². The lowest BCUT2D eigenvalue weighted by Crippen LogP contribution is -2.60. The Bertz CT molecular complexity index is 1050. The number of aromatic nitrogens is 5. The molecule has 2 saturated heterocycles. The minimum absolute atomic E-state index is 0.00318. The number of pyridine rings is 2. The summed E-state index contributed by atoms with van der Waals surface area (Å²) >= 11 is 0. The van der Waals surface area contributed by atoms with Gasteiger partial charge in [0.05, 0.1) is 24.0 Å². The van der Waals surface area contributed by atoms with Crippen LogP contribution in [0.1, 0.15) is 40.7 Å². The minimum atomic E-state index is -0.00318. The van der Waals surface area contributed by atoms with Crippen molar-refractivity contribution in [2.45, 2.75) is 45.2 Å². The summed E-state index contributed by atoms with van der Waals surface area (Å²) in [4.78, 5) is 26.1. The number of amides is 1. The number of nitrogens with zero attached hydrogens (tertiary/aromatic N) is 6. The molecule has 2 aliphatic heterocycles. The fourth-order valence-corrected chi connectivity index (χ4v) is 4.68. The van der Waals surface area contributed by atoms with Gasteiger partial charge < -0.3 is 10.2 Å². The monoisotopic (exact) mass is 403 g/mol. The molecule has 0 radical (unpaired) electrons. The summed E-state index contributed by atoms with van der Waals surface area (Å²) in [5.74, 6) is 1.83. The Morgan fingerprint density at radius 3 is 2.60 bits per heavy atom. The van der Waals surface area contributed by atoms with Gasteiger partial charge in [0.1, 0.15) is 5.82 Å². The van der Waals surface area contributed by atoms with Crippen molar-refractivity contribution in [3.05, 3.63) is 59.7 Å². The van der Waals surface area contributed by atoms with E-state index in [2.05, 4.69) is 31.5 Å². The number of anilines is 1. The Kier molecular flexibility index (Phi) is 4.69. The Morgan fingerprint density at radius 2 is 1.87 bits per heavy atom. The maximum absolute atomic E-state index is 13.7. The van der Waals surface area contributed by atoms with E-state index in [1.165, 1.54) is 4.80 Å². The Balaban J connectivity index is 1.44. The molecule has 6 rings (SSSR count). The number of hydrogen-bond acceptors (Lipinski definition) is 6. The van der Waals surface area contributed by atoms with Crippen LogP contribution in [0.4, 0.5) is 5.82 Å². The van der Waals surface area contributed by atoms with Crippen molar-refractivity contribution in [2.75, 3.05) is 11.9 Å². The van der Waals surface area contributed by atoms with Crippen LogP contribution in [0.15, 0.2) is 43.0 Å². The molecule has 8 nitrogen and oxygen atoms in total. The molecule has 5 heterocycles. The van der Waals surface area contributed by atoms with Gasteiger partial charge in [-0.3, -0.25) is 4.79 Å². The van der Waals surface area contributed by atoms with Crippen LogP contribution >= 0.6 is 0 Å². The highest BCUT2D eigenvalue weighted by Gasteiger charge is 2.43. The van der Waals surface area contributed by atoms with Gasteiger partial charge in [0.25, 0.3) is 5.91 Å². The van der Waals surface area contributed by atoms with Crippen LogP contribution in [0, 0.1) is 19.8 Å². The first-order valence-electron chi connectivity index (χ1n) is 10.4. The lowest BCUT2D eigenvalue weighted by molar-refractivity contribution is 0.0281. The molecule has 1 N–H and O–H groups in total. The zero-order valence-electron chi connectivity index (χ0n) is 17.2. The maximum atomic E-state index is 13.7. The quantitative estimate of drug-likeness (QED) is 0.721. The normalized spacial score (nSPS) is 22.9. The van der Waals surface area contributed by atoms with E-state index in [1.807, 2.05) is 37.1 Å². The van der Waals surface area contributed by atoms with Crippen LogP contribution in [-0.2, 0) is 0 Å². The first-order valence-corrected chi connectivity index (χ1v) is 10.4. The average molecular weight is 403 g/mol. The van der Waals surface area contributed by atoms with Gasteiger partial charge in [0, 0.05) is 25.0 Å². The first kappa shape index (κ1) is 18.7. The number of fused-ring (bicyclic) bond motifs is 3. The van der Waals surface area contributed by atoms with E-state index in [1.54, 1.807) is 18.6 Å². The van der Waals surface area contributed by atoms with E-state index in [-0.39, 0.29) is 18.0 Å². The molecule has 3 atom stereocenters. The van der Waals surface area contributed by atoms with Crippen LogP contribution in [0.3, 0.4) is 0 Å². The number of carbonyl (C=O) groups excluding carboxylic acids is 1. The van der Waals surface area contributed by atoms with Crippen LogP contribution in [0.2, 0.25) is 0 Å². The number of nitrogens with one attached hydrogen (secondary N) is 1. The smallest absolute Gasteiger partial charge is 0.258 e. The van der Waals surface area contributed by atoms with E-state index in [9.17, 15) is 4.79 Å². The second-order valence-electron chi connectivity index (χ2n) is 8.38. The third kappa shape index (κ3) is 3.42. The molecule has 1 saturated carbocycles. The molecule has 1 amide bonds. The summed E-state index contributed by atoms with van der Waals surface area (Å²) in [5, 5.41) is 11.9. The van der Waals surface area contributed by atoms with Gasteiger partial charge in [-0.1, -0.05) is 6.07 Å². The van der Waals surface area contributed by atoms with Gasteiger partial charge in [-0.05, 0) is 62.3 Å². The summed E-state index contributed by atoms with van der Waals surface area (Å²) in [7, 11) is 0. The molecule has 3 fully saturated rings. The standard InChI is InChI=1S/C22H25N7O/c1-14-3-6-20(23-11-14)27-18-10-16-4-5-19(18)28(13-16)22(30)17-9-15(2)12-24-21(17)29-25-7-8-26-29/h3,6-9,11-12,16,18-19H,4-5,10,13H2,1-2H3,(H,23,27)/t16-,18+,19-/m0/s1. The van der Waals surface area contributed by atoms with Crippen molar-refractivity contribution in [3.63, 3.8) is 0 Å². The van der Waals surface area contributed by atoms with Crippen molar-refractivity contribution < 1.29 is 4.79 Å². The van der Waals surface area contributed by atoms with Crippen LogP contribution < -0.4 is 5.32 Å². The second-order valence-corrected chi connectivity index (χ2v) is 8.38. The fraction of sp³-hybridized carbons (Fsp3) is 0.409. The largest absolute Gasteiger partial charge is 0.365 e. The number of hydrogen-bond donors (Lipinski definition) is 1. The van der Waals surface area contributed by atoms with Gasteiger partial charge in [-0.25, -0.2) is 9.97 Å². The third-order valence-electron chi connectivity index (χ3n) is 6.13. The fourth-order valence-electron chi connectivity index (χ4n) is 4.68. The number of carbonyl (C=O) groups is 1. The topological polar surface area (TPSA) is 88.8 Å². The van der Waals surface area contributed by atoms with Crippen molar-refractivity contribution in [2.24, 2.45) is 5.92 Å². The minimum Gasteiger partial charge on any atom is -0.365 e. The van der Waals surface area contributed by atoms with Gasteiger partial charge in [0.15, 0.2) is 5.82 Å². The van der Waals surface area contributed by atoms with Crippen molar-refractivity contribution in [1.82, 2.24) is 29.9 Å². The zero-order valence-corrected chi connectivity index (χ0v) is 17.2. The predicted octanol–water partition coefficient (Wildman–Crippen LogP) is 2.78. The number of aryl methyl sites for hydroxylation is 2. The van der Waals surface area contributed by atoms with Gasteiger partial charge in [-0.2, -0.15) is 10.2 Å². The van der Waals surface area contributed by atoms with Gasteiger partial charge >= 0.3 is 0 Å². The Hall–Kier alpha value is -3.29. The Morgan fingerprint density at radius 1 is 1.07 bits per heavy atom. The van der Waals surface area contributed by atoms with Gasteiger partial charge in [-0.15, -0.1) is 4.80 Å². The molecular weight excluding hydrogens is 378 g/mol. The molecule has 154 valence electrons. The molecule has 0 spiro atoms. The lowest BCUT2D eigenvalue weighted by atomic mass is 9.76. The van der Waals surface area contributed by atoms with Crippen molar-refractivity contribution >= 4 is 11.7 Å². The molecule has 0 aromatic carbocycles. The number of piperidine rings is 2. The van der Waals surface area contributed by atoms with E-state index in [0.717, 1.165) is 42.8 Å². The Labute approximate surface area is 175 Å². The molecule has 8 heteroatoms. The number of rotatable bonds is 4. The maximum Gasteiger partial charge on any atom is 0.258 e. The molecule has 3 aliphatic rings. The molecule has 2 bridgehead atoms. The van der Waals surface area contributed by atoms with Crippen molar-refractivity contribution in [3.8, 4) is 5.82 Å². The summed E-state index contributed by atoms with van der Waals surface area (Å²) in [5.41, 5.74) is 2.62. The first-order chi connectivity index (χ1) is 14.6. The van der Waals surface area contributed by atoms with E-state index >= 15 is 0 Å². The predicted molar refractivity (Wildman–Crippen MR) is 112 cm³/mol. The molecular formula is C22H25N7O. The second kappa shape index (κ2) is 7.51. The molecule has 1 aliphatic carbocycles. The summed E-state index contributed by atoms with van der Waals surface area (Å²) in [6.07, 6.45) is 10.0. The lowest BCUT2D eigenvalue weighted by Gasteiger charge is -2.50. The third-order valence-corrected chi connectivity index (χ3v) is 6.13. The van der Waals surface area contributed by atoms with E-state index in [4.69, 9.17) is 0 Å². The molecule has 30 heavy (non-hydrogen) atoms. The highest BCUT2D eigenvalue weighted by molar-refractivity contribution is 5.97.